The fourth-order valence-corrected chi connectivity index (χ4v) is 2.00. The lowest BCUT2D eigenvalue weighted by Crippen LogP contribution is -2.23. The van der Waals surface area contributed by atoms with Gasteiger partial charge >= 0.3 is 0 Å². The summed E-state index contributed by atoms with van der Waals surface area (Å²) < 4.78 is 0. The molecule has 6 nitrogen and oxygen atoms in total. The van der Waals surface area contributed by atoms with Gasteiger partial charge in [-0.15, -0.1) is 0 Å². The summed E-state index contributed by atoms with van der Waals surface area (Å²) in [5.74, 6) is -0.103. The average molecular weight is 345 g/mol. The van der Waals surface area contributed by atoms with Crippen LogP contribution in [0, 0.1) is 0 Å². The Morgan fingerprint density at radius 1 is 1.12 bits per heavy atom. The first-order valence-corrected chi connectivity index (χ1v) is 7.68. The standard InChI is InChI=1S/C17H17ClN4O2/c1-12(9-16(23)20-15-8-7-14(18)11-19-15)21-22-17(24)10-13-5-3-2-4-6-13/h2-8,11H,9-10H2,1H3,(H,22,24)(H,19,20,23). The second kappa shape index (κ2) is 8.79. The van der Waals surface area contributed by atoms with E-state index in [1.807, 2.05) is 30.3 Å². The van der Waals surface area contributed by atoms with Crippen LogP contribution in [0.5, 0.6) is 0 Å². The molecule has 7 heteroatoms. The molecule has 0 aliphatic heterocycles. The number of amides is 2. The molecule has 0 spiro atoms. The average Bonchev–Trinajstić information content (AvgIpc) is 2.56. The van der Waals surface area contributed by atoms with Crippen molar-refractivity contribution in [3.63, 3.8) is 0 Å². The van der Waals surface area contributed by atoms with E-state index in [4.69, 9.17) is 11.6 Å². The number of hydrazone groups is 1. The molecule has 24 heavy (non-hydrogen) atoms. The Kier molecular flexibility index (Phi) is 6.45. The molecule has 2 aromatic rings. The molecule has 2 amide bonds. The third-order valence-corrected chi connectivity index (χ3v) is 3.21. The van der Waals surface area contributed by atoms with Crippen LogP contribution in [0.15, 0.2) is 53.8 Å². The van der Waals surface area contributed by atoms with Crippen LogP contribution < -0.4 is 10.7 Å². The van der Waals surface area contributed by atoms with Gasteiger partial charge in [0.2, 0.25) is 11.8 Å². The molecule has 1 aromatic carbocycles. The lowest BCUT2D eigenvalue weighted by atomic mass is 10.1. The van der Waals surface area contributed by atoms with Crippen LogP contribution in [-0.4, -0.2) is 22.5 Å². The molecule has 0 saturated carbocycles. The Labute approximate surface area is 144 Å². The first-order chi connectivity index (χ1) is 11.5. The number of nitrogens with zero attached hydrogens (tertiary/aromatic N) is 2. The van der Waals surface area contributed by atoms with Crippen LogP contribution in [0.1, 0.15) is 18.9 Å². The van der Waals surface area contributed by atoms with E-state index < -0.39 is 0 Å². The molecule has 2 rings (SSSR count). The monoisotopic (exact) mass is 344 g/mol. The van der Waals surface area contributed by atoms with Gasteiger partial charge in [-0.05, 0) is 24.6 Å². The molecule has 2 N–H and O–H groups in total. The number of nitrogens with one attached hydrogen (secondary N) is 2. The van der Waals surface area contributed by atoms with Crippen LogP contribution >= 0.6 is 11.6 Å². The van der Waals surface area contributed by atoms with E-state index >= 15 is 0 Å². The van der Waals surface area contributed by atoms with Crippen LogP contribution in [0.4, 0.5) is 5.82 Å². The largest absolute Gasteiger partial charge is 0.310 e. The van der Waals surface area contributed by atoms with Gasteiger partial charge in [-0.3, -0.25) is 9.59 Å². The van der Waals surface area contributed by atoms with E-state index in [0.29, 0.717) is 16.6 Å². The summed E-state index contributed by atoms with van der Waals surface area (Å²) in [5, 5.41) is 7.05. The van der Waals surface area contributed by atoms with Crippen molar-refractivity contribution in [2.24, 2.45) is 5.10 Å². The lowest BCUT2D eigenvalue weighted by molar-refractivity contribution is -0.120. The highest BCUT2D eigenvalue weighted by Gasteiger charge is 2.07. The third kappa shape index (κ3) is 6.18. The van der Waals surface area contributed by atoms with Crippen LogP contribution in [0.3, 0.4) is 0 Å². The van der Waals surface area contributed by atoms with Gasteiger partial charge in [-0.2, -0.15) is 5.10 Å². The smallest absolute Gasteiger partial charge is 0.244 e. The highest BCUT2D eigenvalue weighted by atomic mass is 35.5. The van der Waals surface area contributed by atoms with Crippen molar-refractivity contribution in [1.82, 2.24) is 10.4 Å². The number of rotatable bonds is 6. The van der Waals surface area contributed by atoms with Gasteiger partial charge in [0, 0.05) is 11.9 Å². The number of carbonyl (C=O) groups is 2. The molecule has 0 unspecified atom stereocenters. The number of pyridine rings is 1. The number of hydrogen-bond donors (Lipinski definition) is 2. The number of hydrogen-bond acceptors (Lipinski definition) is 4. The summed E-state index contributed by atoms with van der Waals surface area (Å²) in [4.78, 5) is 27.6. The quantitative estimate of drug-likeness (QED) is 0.624. The summed E-state index contributed by atoms with van der Waals surface area (Å²) in [7, 11) is 0. The fourth-order valence-electron chi connectivity index (χ4n) is 1.89. The number of benzene rings is 1. The van der Waals surface area contributed by atoms with E-state index in [9.17, 15) is 9.59 Å². The Hall–Kier alpha value is -2.73. The van der Waals surface area contributed by atoms with Crippen molar-refractivity contribution >= 4 is 34.9 Å². The lowest BCUT2D eigenvalue weighted by Gasteiger charge is -2.05. The molecular formula is C17H17ClN4O2. The topological polar surface area (TPSA) is 83.4 Å². The van der Waals surface area contributed by atoms with E-state index in [2.05, 4.69) is 20.8 Å². The molecule has 124 valence electrons. The Morgan fingerprint density at radius 3 is 2.54 bits per heavy atom. The minimum absolute atomic E-state index is 0.0515. The molecule has 0 radical (unpaired) electrons. The van der Waals surface area contributed by atoms with Crippen molar-refractivity contribution in [3.05, 3.63) is 59.2 Å². The van der Waals surface area contributed by atoms with Crippen molar-refractivity contribution in [2.75, 3.05) is 5.32 Å². The minimum Gasteiger partial charge on any atom is -0.310 e. The van der Waals surface area contributed by atoms with Gasteiger partial charge in [0.25, 0.3) is 0 Å². The second-order valence-corrected chi connectivity index (χ2v) is 5.57. The normalized spacial score (nSPS) is 11.0. The van der Waals surface area contributed by atoms with Crippen molar-refractivity contribution in [2.45, 2.75) is 19.8 Å². The third-order valence-electron chi connectivity index (χ3n) is 2.99. The predicted molar refractivity (Wildman–Crippen MR) is 93.9 cm³/mol. The van der Waals surface area contributed by atoms with Gasteiger partial charge in [0.1, 0.15) is 5.82 Å². The highest BCUT2D eigenvalue weighted by Crippen LogP contribution is 2.09. The van der Waals surface area contributed by atoms with Crippen LogP contribution in [-0.2, 0) is 16.0 Å². The van der Waals surface area contributed by atoms with Crippen LogP contribution in [0.2, 0.25) is 5.02 Å². The van der Waals surface area contributed by atoms with E-state index in [-0.39, 0.29) is 24.7 Å². The van der Waals surface area contributed by atoms with Gasteiger partial charge in [-0.1, -0.05) is 41.9 Å². The van der Waals surface area contributed by atoms with E-state index in [1.54, 1.807) is 19.1 Å². The maximum atomic E-state index is 11.9. The summed E-state index contributed by atoms with van der Waals surface area (Å²) in [5.41, 5.74) is 3.83. The molecule has 0 atom stereocenters. The highest BCUT2D eigenvalue weighted by molar-refractivity contribution is 6.30. The Balaban J connectivity index is 1.79. The van der Waals surface area contributed by atoms with Crippen molar-refractivity contribution in [1.29, 1.82) is 0 Å². The summed E-state index contributed by atoms with van der Waals surface area (Å²) in [6, 6.07) is 12.6. The zero-order chi connectivity index (χ0) is 17.4. The summed E-state index contributed by atoms with van der Waals surface area (Å²) >= 11 is 5.73. The summed E-state index contributed by atoms with van der Waals surface area (Å²) in [6.07, 6.45) is 1.73. The predicted octanol–water partition coefficient (Wildman–Crippen LogP) is 2.80. The number of carbonyl (C=O) groups excluding carboxylic acids is 2. The fraction of sp³-hybridized carbons (Fsp3) is 0.176. The number of halogens is 1. The van der Waals surface area contributed by atoms with Gasteiger partial charge in [0.05, 0.1) is 17.9 Å². The van der Waals surface area contributed by atoms with Gasteiger partial charge < -0.3 is 5.32 Å². The van der Waals surface area contributed by atoms with Crippen molar-refractivity contribution in [3.8, 4) is 0 Å². The van der Waals surface area contributed by atoms with E-state index in [1.165, 1.54) is 6.20 Å². The molecule has 0 fully saturated rings. The maximum Gasteiger partial charge on any atom is 0.244 e. The zero-order valence-corrected chi connectivity index (χ0v) is 13.9. The first-order valence-electron chi connectivity index (χ1n) is 7.30. The molecular weight excluding hydrogens is 328 g/mol. The second-order valence-electron chi connectivity index (χ2n) is 5.13. The summed E-state index contributed by atoms with van der Waals surface area (Å²) in [6.45, 7) is 1.66. The SMILES string of the molecule is CC(CC(=O)Nc1ccc(Cl)cn1)=NNC(=O)Cc1ccccc1. The Morgan fingerprint density at radius 2 is 1.88 bits per heavy atom. The van der Waals surface area contributed by atoms with Gasteiger partial charge in [0.15, 0.2) is 0 Å². The van der Waals surface area contributed by atoms with Gasteiger partial charge in [-0.25, -0.2) is 10.4 Å². The number of aromatic nitrogens is 1. The van der Waals surface area contributed by atoms with E-state index in [0.717, 1.165) is 5.56 Å². The molecule has 0 saturated heterocycles. The number of anilines is 1. The maximum absolute atomic E-state index is 11.9. The molecule has 0 aliphatic rings. The molecule has 1 heterocycles. The molecule has 0 bridgehead atoms. The minimum atomic E-state index is -0.275. The first kappa shape index (κ1) is 17.6. The van der Waals surface area contributed by atoms with Crippen LogP contribution in [0.25, 0.3) is 0 Å². The van der Waals surface area contributed by atoms with Crippen molar-refractivity contribution < 1.29 is 9.59 Å². The Bertz CT molecular complexity index is 730. The molecule has 1 aromatic heterocycles. The molecule has 0 aliphatic carbocycles. The zero-order valence-electron chi connectivity index (χ0n) is 13.1.